The van der Waals surface area contributed by atoms with Gasteiger partial charge in [0.2, 0.25) is 0 Å². The first-order chi connectivity index (χ1) is 25.2. The number of aliphatic hydroxyl groups excluding tert-OH is 2. The van der Waals surface area contributed by atoms with Crippen LogP contribution in [0.1, 0.15) is 174 Å². The van der Waals surface area contributed by atoms with E-state index in [4.69, 9.17) is 19.1 Å². The number of carbonyl (C=O) groups is 2. The van der Waals surface area contributed by atoms with E-state index in [1.54, 1.807) is 0 Å². The maximum atomic E-state index is 12.6. The van der Waals surface area contributed by atoms with Crippen molar-refractivity contribution in [2.24, 2.45) is 0 Å². The highest BCUT2D eigenvalue weighted by atomic mass is 31.2. The lowest BCUT2D eigenvalue weighted by molar-refractivity contribution is -0.161. The van der Waals surface area contributed by atoms with Crippen molar-refractivity contribution in [1.29, 1.82) is 0 Å². The molecular weight excluding hydrogens is 683 g/mol. The summed E-state index contributed by atoms with van der Waals surface area (Å²) in [6.07, 6.45) is 36.8. The van der Waals surface area contributed by atoms with E-state index in [0.717, 1.165) is 77.0 Å². The van der Waals surface area contributed by atoms with E-state index in [1.165, 1.54) is 57.8 Å². The van der Waals surface area contributed by atoms with Crippen LogP contribution in [0.5, 0.6) is 0 Å². The summed E-state index contributed by atoms with van der Waals surface area (Å²) in [6, 6.07) is 0. The number of hydrogen-bond acceptors (Lipinski definition) is 9. The zero-order valence-corrected chi connectivity index (χ0v) is 33.7. The number of aliphatic hydroxyl groups is 2. The summed E-state index contributed by atoms with van der Waals surface area (Å²) in [4.78, 5) is 34.9. The van der Waals surface area contributed by atoms with Gasteiger partial charge in [0.1, 0.15) is 12.7 Å². The van der Waals surface area contributed by atoms with Crippen LogP contribution in [-0.2, 0) is 32.7 Å². The van der Waals surface area contributed by atoms with E-state index in [2.05, 4.69) is 54.8 Å². The normalized spacial score (nSPS) is 14.3. The van der Waals surface area contributed by atoms with Crippen molar-refractivity contribution in [1.82, 2.24) is 0 Å². The number of phosphoric acid groups is 1. The first kappa shape index (κ1) is 50.2. The highest BCUT2D eigenvalue weighted by Crippen LogP contribution is 2.43. The Morgan fingerprint density at radius 2 is 1.00 bits per heavy atom. The van der Waals surface area contributed by atoms with E-state index in [1.807, 2.05) is 0 Å². The van der Waals surface area contributed by atoms with Gasteiger partial charge in [0, 0.05) is 12.8 Å². The molecule has 3 unspecified atom stereocenters. The number of allylic oxidation sites excluding steroid dienone is 6. The van der Waals surface area contributed by atoms with E-state index in [0.29, 0.717) is 12.8 Å². The van der Waals surface area contributed by atoms with Crippen molar-refractivity contribution < 1.29 is 47.8 Å². The number of phosphoric ester groups is 1. The molecule has 52 heavy (non-hydrogen) atoms. The lowest BCUT2D eigenvalue weighted by atomic mass is 10.1. The van der Waals surface area contributed by atoms with Gasteiger partial charge in [0.15, 0.2) is 6.10 Å². The van der Waals surface area contributed by atoms with Gasteiger partial charge in [-0.1, -0.05) is 127 Å². The predicted molar refractivity (Wildman–Crippen MR) is 210 cm³/mol. The molecular formula is C41H75O10P. The summed E-state index contributed by atoms with van der Waals surface area (Å²) in [5, 5.41) is 18.3. The first-order valence-electron chi connectivity index (χ1n) is 20.4. The van der Waals surface area contributed by atoms with Gasteiger partial charge in [0.25, 0.3) is 0 Å². The van der Waals surface area contributed by atoms with Gasteiger partial charge in [-0.3, -0.25) is 18.6 Å². The summed E-state index contributed by atoms with van der Waals surface area (Å²) in [6.45, 7) is 2.31. The predicted octanol–water partition coefficient (Wildman–Crippen LogP) is 10.4. The fourth-order valence-electron chi connectivity index (χ4n) is 5.31. The van der Waals surface area contributed by atoms with Gasteiger partial charge >= 0.3 is 19.8 Å². The van der Waals surface area contributed by atoms with Crippen LogP contribution in [0.15, 0.2) is 36.5 Å². The molecule has 0 aromatic carbocycles. The van der Waals surface area contributed by atoms with Crippen molar-refractivity contribution in [2.45, 2.75) is 187 Å². The zero-order valence-electron chi connectivity index (χ0n) is 32.8. The highest BCUT2D eigenvalue weighted by Gasteiger charge is 2.27. The number of ether oxygens (including phenoxy) is 2. The zero-order chi connectivity index (χ0) is 38.4. The SMILES string of the molecule is CCCCCC/C=C\C/C=C\CCCCCCCC(=O)OC(COC(=O)CCCCCCC/C=C\CCCCCC)COP(=O)(O)OCC(O)CO. The smallest absolute Gasteiger partial charge is 0.462 e. The summed E-state index contributed by atoms with van der Waals surface area (Å²) in [5.41, 5.74) is 0. The molecule has 0 saturated heterocycles. The third-order valence-electron chi connectivity index (χ3n) is 8.52. The molecule has 0 aromatic heterocycles. The Bertz CT molecular complexity index is 967. The Hall–Kier alpha value is -1.81. The van der Waals surface area contributed by atoms with Crippen LogP contribution in [0.25, 0.3) is 0 Å². The fourth-order valence-corrected chi connectivity index (χ4v) is 6.10. The van der Waals surface area contributed by atoms with Crippen molar-refractivity contribution in [3.05, 3.63) is 36.5 Å². The number of unbranched alkanes of at least 4 members (excludes halogenated alkanes) is 18. The van der Waals surface area contributed by atoms with Crippen LogP contribution in [0.3, 0.4) is 0 Å². The van der Waals surface area contributed by atoms with Gasteiger partial charge in [-0.05, 0) is 70.6 Å². The number of rotatable bonds is 38. The lowest BCUT2D eigenvalue weighted by Crippen LogP contribution is -2.29. The molecule has 10 nitrogen and oxygen atoms in total. The molecule has 0 saturated carbocycles. The van der Waals surface area contributed by atoms with Gasteiger partial charge in [-0.2, -0.15) is 0 Å². The van der Waals surface area contributed by atoms with Crippen LogP contribution < -0.4 is 0 Å². The summed E-state index contributed by atoms with van der Waals surface area (Å²) >= 11 is 0. The molecule has 0 amide bonds. The number of esters is 2. The minimum absolute atomic E-state index is 0.167. The monoisotopic (exact) mass is 759 g/mol. The second kappa shape index (κ2) is 37.5. The first-order valence-corrected chi connectivity index (χ1v) is 21.9. The maximum absolute atomic E-state index is 12.6. The molecule has 0 radical (unpaired) electrons. The standard InChI is InChI=1S/C41H75O10P/c1-3-5-7-9-11-13-15-17-18-19-21-23-25-27-29-31-33-41(45)51-39(37-50-52(46,47)49-35-38(43)34-42)36-48-40(44)32-30-28-26-24-22-20-16-14-12-10-8-6-4-2/h13-16,18-19,38-39,42-43H,3-12,17,20-37H2,1-2H3,(H,46,47)/b15-13-,16-14-,19-18-. The number of carbonyl (C=O) groups excluding carboxylic acids is 2. The largest absolute Gasteiger partial charge is 0.472 e. The molecule has 0 spiro atoms. The lowest BCUT2D eigenvalue weighted by Gasteiger charge is -2.20. The molecule has 3 atom stereocenters. The van der Waals surface area contributed by atoms with Crippen molar-refractivity contribution >= 4 is 19.8 Å². The summed E-state index contributed by atoms with van der Waals surface area (Å²) in [7, 11) is -4.62. The molecule has 0 fully saturated rings. The third-order valence-corrected chi connectivity index (χ3v) is 9.47. The van der Waals surface area contributed by atoms with Crippen molar-refractivity contribution in [3.8, 4) is 0 Å². The Morgan fingerprint density at radius 3 is 1.50 bits per heavy atom. The van der Waals surface area contributed by atoms with Crippen LogP contribution in [-0.4, -0.2) is 65.7 Å². The van der Waals surface area contributed by atoms with Crippen LogP contribution in [0, 0.1) is 0 Å². The molecule has 3 N–H and O–H groups in total. The maximum Gasteiger partial charge on any atom is 0.472 e. The van der Waals surface area contributed by atoms with Gasteiger partial charge in [-0.15, -0.1) is 0 Å². The Morgan fingerprint density at radius 1 is 0.577 bits per heavy atom. The van der Waals surface area contributed by atoms with Crippen LogP contribution in [0.4, 0.5) is 0 Å². The molecule has 304 valence electrons. The van der Waals surface area contributed by atoms with Gasteiger partial charge in [0.05, 0.1) is 19.8 Å². The summed E-state index contributed by atoms with van der Waals surface area (Å²) < 4.78 is 32.6. The third kappa shape index (κ3) is 36.5. The minimum atomic E-state index is -4.62. The molecule has 0 rings (SSSR count). The average Bonchev–Trinajstić information content (AvgIpc) is 3.13. The summed E-state index contributed by atoms with van der Waals surface area (Å²) in [5.74, 6) is -0.951. The van der Waals surface area contributed by atoms with Crippen molar-refractivity contribution in [3.63, 3.8) is 0 Å². The van der Waals surface area contributed by atoms with E-state index < -0.39 is 51.8 Å². The average molecular weight is 759 g/mol. The van der Waals surface area contributed by atoms with Crippen molar-refractivity contribution in [2.75, 3.05) is 26.4 Å². The molecule has 0 bridgehead atoms. The second-order valence-electron chi connectivity index (χ2n) is 13.7. The Balaban J connectivity index is 4.37. The minimum Gasteiger partial charge on any atom is -0.462 e. The van der Waals surface area contributed by atoms with Gasteiger partial charge < -0.3 is 24.6 Å². The highest BCUT2D eigenvalue weighted by molar-refractivity contribution is 7.47. The quantitative estimate of drug-likeness (QED) is 0.0240. The van der Waals surface area contributed by atoms with Crippen LogP contribution >= 0.6 is 7.82 Å². The Kier molecular flexibility index (Phi) is 36.2. The molecule has 0 heterocycles. The molecule has 0 aliphatic heterocycles. The molecule has 0 aromatic rings. The molecule has 0 aliphatic carbocycles. The fraction of sp³-hybridized carbons (Fsp3) is 0.805. The topological polar surface area (TPSA) is 149 Å². The molecule has 11 heteroatoms. The van der Waals surface area contributed by atoms with E-state index in [-0.39, 0.29) is 19.4 Å². The van der Waals surface area contributed by atoms with E-state index >= 15 is 0 Å². The van der Waals surface area contributed by atoms with Crippen LogP contribution in [0.2, 0.25) is 0 Å². The second-order valence-corrected chi connectivity index (χ2v) is 15.1. The number of hydrogen-bond donors (Lipinski definition) is 3. The Labute approximate surface area is 316 Å². The molecule has 0 aliphatic rings. The van der Waals surface area contributed by atoms with E-state index in [9.17, 15) is 24.2 Å². The van der Waals surface area contributed by atoms with Gasteiger partial charge in [-0.25, -0.2) is 4.57 Å².